The summed E-state index contributed by atoms with van der Waals surface area (Å²) in [4.78, 5) is 37.1. The van der Waals surface area contributed by atoms with Crippen LogP contribution in [-0.4, -0.2) is 38.0 Å². The standard InChI is InChI=1S/C18H14O7/c1-2-3-8-13-10(6-12(21)15(8)18(24)25)16(22)9-4-7(19)5-11(20)14(9)17(13)23/h4-6,19-21H,2-3H2,1H3,(H,24,25). The lowest BCUT2D eigenvalue weighted by molar-refractivity contribution is 0.0692. The minimum atomic E-state index is -1.41. The van der Waals surface area contributed by atoms with Crippen molar-refractivity contribution in [2.45, 2.75) is 19.8 Å². The van der Waals surface area contributed by atoms with Gasteiger partial charge in [0.25, 0.3) is 0 Å². The summed E-state index contributed by atoms with van der Waals surface area (Å²) < 4.78 is 0. The molecule has 3 rings (SSSR count). The number of carboxylic acids is 1. The molecule has 0 aliphatic heterocycles. The number of aromatic carboxylic acids is 1. The maximum Gasteiger partial charge on any atom is 0.339 e. The average Bonchev–Trinajstić information content (AvgIpc) is 2.51. The Bertz CT molecular complexity index is 957. The number of aromatic hydroxyl groups is 3. The van der Waals surface area contributed by atoms with Gasteiger partial charge >= 0.3 is 5.97 Å². The van der Waals surface area contributed by atoms with E-state index in [2.05, 4.69) is 0 Å². The second-order valence-corrected chi connectivity index (χ2v) is 5.77. The van der Waals surface area contributed by atoms with Crippen molar-refractivity contribution < 1.29 is 34.8 Å². The van der Waals surface area contributed by atoms with Crippen molar-refractivity contribution >= 4 is 17.5 Å². The number of hydrogen-bond acceptors (Lipinski definition) is 6. The van der Waals surface area contributed by atoms with Crippen molar-refractivity contribution in [2.75, 3.05) is 0 Å². The Morgan fingerprint density at radius 1 is 0.920 bits per heavy atom. The van der Waals surface area contributed by atoms with Gasteiger partial charge in [0.1, 0.15) is 22.8 Å². The second kappa shape index (κ2) is 5.62. The number of phenolic OH excluding ortho intramolecular Hbond substituents is 2. The Labute approximate surface area is 141 Å². The van der Waals surface area contributed by atoms with Crippen LogP contribution in [0.5, 0.6) is 17.2 Å². The molecule has 0 heterocycles. The predicted molar refractivity (Wildman–Crippen MR) is 85.7 cm³/mol. The normalized spacial score (nSPS) is 12.7. The van der Waals surface area contributed by atoms with Gasteiger partial charge in [-0.25, -0.2) is 4.79 Å². The number of benzene rings is 2. The van der Waals surface area contributed by atoms with Crippen LogP contribution in [-0.2, 0) is 6.42 Å². The summed E-state index contributed by atoms with van der Waals surface area (Å²) in [7, 11) is 0. The third-order valence-corrected chi connectivity index (χ3v) is 4.17. The van der Waals surface area contributed by atoms with Crippen molar-refractivity contribution in [3.8, 4) is 17.2 Å². The minimum absolute atomic E-state index is 0.0569. The first-order valence-electron chi connectivity index (χ1n) is 7.55. The zero-order chi connectivity index (χ0) is 18.5. The molecule has 0 radical (unpaired) electrons. The predicted octanol–water partition coefficient (Wildman–Crippen LogP) is 2.23. The van der Waals surface area contributed by atoms with Gasteiger partial charge in [-0.15, -0.1) is 0 Å². The Hall–Kier alpha value is -3.35. The first kappa shape index (κ1) is 16.5. The van der Waals surface area contributed by atoms with Crippen LogP contribution in [0.2, 0.25) is 0 Å². The molecule has 1 aliphatic carbocycles. The summed E-state index contributed by atoms with van der Waals surface area (Å²) in [5, 5.41) is 39.0. The van der Waals surface area contributed by atoms with Crippen molar-refractivity contribution in [3.63, 3.8) is 0 Å². The van der Waals surface area contributed by atoms with Gasteiger partial charge in [0.05, 0.1) is 5.56 Å². The minimum Gasteiger partial charge on any atom is -0.508 e. The summed E-state index contributed by atoms with van der Waals surface area (Å²) in [5.41, 5.74) is -1.12. The first-order valence-corrected chi connectivity index (χ1v) is 7.55. The first-order chi connectivity index (χ1) is 11.8. The van der Waals surface area contributed by atoms with Gasteiger partial charge in [-0.2, -0.15) is 0 Å². The van der Waals surface area contributed by atoms with Crippen molar-refractivity contribution in [2.24, 2.45) is 0 Å². The lowest BCUT2D eigenvalue weighted by atomic mass is 9.78. The number of carbonyl (C=O) groups is 3. The van der Waals surface area contributed by atoms with Gasteiger partial charge in [-0.1, -0.05) is 13.3 Å². The number of carbonyl (C=O) groups excluding carboxylic acids is 2. The number of phenols is 3. The molecule has 0 saturated heterocycles. The number of rotatable bonds is 3. The number of carboxylic acid groups (broad SMARTS) is 1. The highest BCUT2D eigenvalue weighted by molar-refractivity contribution is 6.30. The molecule has 2 aromatic carbocycles. The summed E-state index contributed by atoms with van der Waals surface area (Å²) >= 11 is 0. The molecular weight excluding hydrogens is 328 g/mol. The Morgan fingerprint density at radius 2 is 1.56 bits per heavy atom. The van der Waals surface area contributed by atoms with Gasteiger partial charge in [-0.05, 0) is 24.1 Å². The summed E-state index contributed by atoms with van der Waals surface area (Å²) in [6, 6.07) is 2.94. The van der Waals surface area contributed by atoms with Crippen LogP contribution < -0.4 is 0 Å². The molecule has 0 unspecified atom stereocenters. The van der Waals surface area contributed by atoms with E-state index >= 15 is 0 Å². The van der Waals surface area contributed by atoms with E-state index in [1.165, 1.54) is 0 Å². The van der Waals surface area contributed by atoms with Crippen LogP contribution in [0, 0.1) is 0 Å². The highest BCUT2D eigenvalue weighted by atomic mass is 16.4. The quantitative estimate of drug-likeness (QED) is 0.574. The van der Waals surface area contributed by atoms with Crippen LogP contribution in [0.1, 0.15) is 61.1 Å². The Kier molecular flexibility index (Phi) is 3.71. The van der Waals surface area contributed by atoms with Gasteiger partial charge < -0.3 is 20.4 Å². The number of fused-ring (bicyclic) bond motifs is 2. The molecule has 0 saturated carbocycles. The van der Waals surface area contributed by atoms with Gasteiger partial charge in [-0.3, -0.25) is 9.59 Å². The van der Waals surface area contributed by atoms with Gasteiger partial charge in [0.15, 0.2) is 11.6 Å². The van der Waals surface area contributed by atoms with Crippen molar-refractivity contribution in [3.05, 3.63) is 51.6 Å². The maximum absolute atomic E-state index is 12.9. The zero-order valence-electron chi connectivity index (χ0n) is 13.2. The highest BCUT2D eigenvalue weighted by Crippen LogP contribution is 2.40. The summed E-state index contributed by atoms with van der Waals surface area (Å²) in [6.07, 6.45) is 0.637. The summed E-state index contributed by atoms with van der Waals surface area (Å²) in [6.45, 7) is 1.76. The molecule has 7 nitrogen and oxygen atoms in total. The maximum atomic E-state index is 12.9. The molecule has 0 bridgehead atoms. The van der Waals surface area contributed by atoms with Gasteiger partial charge in [0, 0.05) is 22.8 Å². The van der Waals surface area contributed by atoms with E-state index < -0.39 is 34.6 Å². The van der Waals surface area contributed by atoms with E-state index in [4.69, 9.17) is 0 Å². The average molecular weight is 342 g/mol. The monoisotopic (exact) mass is 342 g/mol. The second-order valence-electron chi connectivity index (χ2n) is 5.77. The van der Waals surface area contributed by atoms with E-state index in [1.807, 2.05) is 0 Å². The third kappa shape index (κ3) is 2.32. The van der Waals surface area contributed by atoms with Crippen LogP contribution in [0.25, 0.3) is 0 Å². The van der Waals surface area contributed by atoms with Crippen LogP contribution in [0.15, 0.2) is 18.2 Å². The van der Waals surface area contributed by atoms with Gasteiger partial charge in [0.2, 0.25) is 0 Å². The zero-order valence-corrected chi connectivity index (χ0v) is 13.2. The molecule has 2 aromatic rings. The Balaban J connectivity index is 2.41. The SMILES string of the molecule is CCCc1c(C(=O)O)c(O)cc2c1C(=O)c1c(O)cc(O)cc1C2=O. The van der Waals surface area contributed by atoms with E-state index in [0.717, 1.165) is 18.2 Å². The lowest BCUT2D eigenvalue weighted by Gasteiger charge is -2.23. The molecule has 0 aromatic heterocycles. The number of ketones is 2. The molecule has 0 fully saturated rings. The summed E-state index contributed by atoms with van der Waals surface area (Å²) in [5.74, 6) is -4.37. The van der Waals surface area contributed by atoms with E-state index in [0.29, 0.717) is 6.42 Å². The fraction of sp³-hybridized carbons (Fsp3) is 0.167. The molecule has 25 heavy (non-hydrogen) atoms. The van der Waals surface area contributed by atoms with E-state index in [-0.39, 0.29) is 40.0 Å². The molecule has 4 N–H and O–H groups in total. The largest absolute Gasteiger partial charge is 0.508 e. The fourth-order valence-corrected chi connectivity index (χ4v) is 3.20. The molecule has 0 spiro atoms. The topological polar surface area (TPSA) is 132 Å². The van der Waals surface area contributed by atoms with E-state index in [1.54, 1.807) is 6.92 Å². The molecule has 128 valence electrons. The van der Waals surface area contributed by atoms with Crippen LogP contribution in [0.3, 0.4) is 0 Å². The smallest absolute Gasteiger partial charge is 0.339 e. The fourth-order valence-electron chi connectivity index (χ4n) is 3.20. The molecule has 7 heteroatoms. The van der Waals surface area contributed by atoms with Crippen molar-refractivity contribution in [1.29, 1.82) is 0 Å². The van der Waals surface area contributed by atoms with Crippen LogP contribution in [0.4, 0.5) is 0 Å². The lowest BCUT2D eigenvalue weighted by Crippen LogP contribution is -2.24. The molecular formula is C18H14O7. The molecule has 0 atom stereocenters. The van der Waals surface area contributed by atoms with E-state index in [9.17, 15) is 34.8 Å². The molecule has 1 aliphatic rings. The molecule has 0 amide bonds. The Morgan fingerprint density at radius 3 is 2.16 bits per heavy atom. The third-order valence-electron chi connectivity index (χ3n) is 4.17. The number of hydrogen-bond donors (Lipinski definition) is 4. The van der Waals surface area contributed by atoms with Crippen LogP contribution >= 0.6 is 0 Å². The van der Waals surface area contributed by atoms with Crippen molar-refractivity contribution in [1.82, 2.24) is 0 Å². The highest BCUT2D eigenvalue weighted by Gasteiger charge is 2.37.